The van der Waals surface area contributed by atoms with Crippen molar-refractivity contribution in [1.29, 1.82) is 0 Å². The Balaban J connectivity index is 4.43. The molecule has 23 heavy (non-hydrogen) atoms. The Morgan fingerprint density at radius 3 is 1.74 bits per heavy atom. The molecule has 0 spiro atoms. The molecule has 3 atom stereocenters. The van der Waals surface area contributed by atoms with Crippen LogP contribution in [0.15, 0.2) is 0 Å². The molecule has 0 aromatic heterocycles. The van der Waals surface area contributed by atoms with E-state index < -0.39 is 11.7 Å². The molecule has 2 nitrogen and oxygen atoms in total. The first-order valence-electron chi connectivity index (χ1n) is 10.3. The van der Waals surface area contributed by atoms with Crippen molar-refractivity contribution in [3.63, 3.8) is 0 Å². The van der Waals surface area contributed by atoms with Crippen LogP contribution in [0, 0.1) is 5.41 Å². The number of hydrogen-bond acceptors (Lipinski definition) is 2. The molecular weight excluding hydrogens is 284 g/mol. The average molecular weight is 329 g/mol. The van der Waals surface area contributed by atoms with E-state index in [1.54, 1.807) is 0 Å². The second kappa shape index (κ2) is 12.3. The summed E-state index contributed by atoms with van der Waals surface area (Å²) in [5.41, 5.74) is -1.17. The standard InChI is InChI=1S/C21H44O2/c1-6-9-11-12-13-14-15-16-19(22)20(4,18-10-7-2)21(5,23)17-8-3/h19,22-23H,6-18H2,1-5H3. The summed E-state index contributed by atoms with van der Waals surface area (Å²) in [5, 5.41) is 21.8. The molecule has 140 valence electrons. The van der Waals surface area contributed by atoms with Gasteiger partial charge in [-0.15, -0.1) is 0 Å². The van der Waals surface area contributed by atoms with Crippen LogP contribution in [0.25, 0.3) is 0 Å². The molecule has 0 heterocycles. The van der Waals surface area contributed by atoms with Crippen LogP contribution in [0.2, 0.25) is 0 Å². The Morgan fingerprint density at radius 1 is 0.696 bits per heavy atom. The molecule has 0 radical (unpaired) electrons. The Hall–Kier alpha value is -0.0800. The summed E-state index contributed by atoms with van der Waals surface area (Å²) in [6.07, 6.45) is 14.1. The smallest absolute Gasteiger partial charge is 0.0697 e. The van der Waals surface area contributed by atoms with Crippen LogP contribution >= 0.6 is 0 Å². The van der Waals surface area contributed by atoms with Crippen molar-refractivity contribution >= 4 is 0 Å². The van der Waals surface area contributed by atoms with Crippen molar-refractivity contribution in [3.8, 4) is 0 Å². The SMILES string of the molecule is CCCCCCCCCC(O)C(C)(CCCC)C(C)(O)CCC. The molecule has 3 unspecified atom stereocenters. The van der Waals surface area contributed by atoms with E-state index in [9.17, 15) is 10.2 Å². The number of unbranched alkanes of at least 4 members (excludes halogenated alkanes) is 7. The largest absolute Gasteiger partial charge is 0.392 e. The summed E-state index contributed by atoms with van der Waals surface area (Å²) >= 11 is 0. The third kappa shape index (κ3) is 8.03. The molecule has 0 aromatic carbocycles. The van der Waals surface area contributed by atoms with Gasteiger partial charge in [0.1, 0.15) is 0 Å². The van der Waals surface area contributed by atoms with Gasteiger partial charge >= 0.3 is 0 Å². The van der Waals surface area contributed by atoms with Gasteiger partial charge in [0.05, 0.1) is 11.7 Å². The maximum Gasteiger partial charge on any atom is 0.0697 e. The lowest BCUT2D eigenvalue weighted by atomic mass is 9.64. The molecule has 2 N–H and O–H groups in total. The zero-order valence-corrected chi connectivity index (χ0v) is 16.7. The van der Waals surface area contributed by atoms with Crippen LogP contribution in [-0.2, 0) is 0 Å². The van der Waals surface area contributed by atoms with Gasteiger partial charge in [0.2, 0.25) is 0 Å². The summed E-state index contributed by atoms with van der Waals surface area (Å²) in [4.78, 5) is 0. The molecule has 0 fully saturated rings. The lowest BCUT2D eigenvalue weighted by Gasteiger charge is -2.46. The molecule has 0 amide bonds. The maximum absolute atomic E-state index is 11.0. The van der Waals surface area contributed by atoms with Crippen molar-refractivity contribution in [2.24, 2.45) is 5.41 Å². The summed E-state index contributed by atoms with van der Waals surface area (Å²) in [6, 6.07) is 0. The minimum absolute atomic E-state index is 0.388. The Morgan fingerprint density at radius 2 is 1.22 bits per heavy atom. The van der Waals surface area contributed by atoms with Crippen molar-refractivity contribution in [1.82, 2.24) is 0 Å². The molecule has 0 saturated heterocycles. The number of aliphatic hydroxyl groups is 2. The van der Waals surface area contributed by atoms with Crippen molar-refractivity contribution in [2.45, 2.75) is 130 Å². The number of hydrogen-bond donors (Lipinski definition) is 2. The Bertz CT molecular complexity index is 275. The van der Waals surface area contributed by atoms with Crippen LogP contribution < -0.4 is 0 Å². The van der Waals surface area contributed by atoms with Gasteiger partial charge in [-0.3, -0.25) is 0 Å². The van der Waals surface area contributed by atoms with E-state index in [4.69, 9.17) is 0 Å². The minimum atomic E-state index is -0.780. The van der Waals surface area contributed by atoms with Gasteiger partial charge in [0.15, 0.2) is 0 Å². The molecule has 2 heteroatoms. The van der Waals surface area contributed by atoms with E-state index in [0.717, 1.165) is 44.9 Å². The van der Waals surface area contributed by atoms with Crippen LogP contribution in [-0.4, -0.2) is 21.9 Å². The quantitative estimate of drug-likeness (QED) is 0.349. The highest BCUT2D eigenvalue weighted by molar-refractivity contribution is 4.97. The fourth-order valence-electron chi connectivity index (χ4n) is 3.72. The molecule has 0 saturated carbocycles. The normalized spacial score (nSPS) is 18.4. The fraction of sp³-hybridized carbons (Fsp3) is 1.00. The van der Waals surface area contributed by atoms with Gasteiger partial charge in [-0.1, -0.05) is 91.9 Å². The van der Waals surface area contributed by atoms with Gasteiger partial charge in [-0.05, 0) is 26.2 Å². The highest BCUT2D eigenvalue weighted by Crippen LogP contribution is 2.43. The number of aliphatic hydroxyl groups excluding tert-OH is 1. The van der Waals surface area contributed by atoms with Crippen LogP contribution in [0.4, 0.5) is 0 Å². The number of rotatable bonds is 15. The molecule has 0 aromatic rings. The summed E-state index contributed by atoms with van der Waals surface area (Å²) in [7, 11) is 0. The Labute approximate surface area is 146 Å². The van der Waals surface area contributed by atoms with E-state index in [0.29, 0.717) is 0 Å². The van der Waals surface area contributed by atoms with Crippen LogP contribution in [0.5, 0.6) is 0 Å². The first kappa shape index (κ1) is 22.9. The lowest BCUT2D eigenvalue weighted by molar-refractivity contribution is -0.136. The summed E-state index contributed by atoms with van der Waals surface area (Å²) in [5.74, 6) is 0. The average Bonchev–Trinajstić information content (AvgIpc) is 2.51. The third-order valence-electron chi connectivity index (χ3n) is 5.83. The zero-order valence-electron chi connectivity index (χ0n) is 16.7. The topological polar surface area (TPSA) is 40.5 Å². The predicted molar refractivity (Wildman–Crippen MR) is 102 cm³/mol. The highest BCUT2D eigenvalue weighted by atomic mass is 16.3. The first-order chi connectivity index (χ1) is 10.9. The Kier molecular flexibility index (Phi) is 12.3. The van der Waals surface area contributed by atoms with Gasteiger partial charge in [0, 0.05) is 5.41 Å². The zero-order chi connectivity index (χ0) is 17.8. The fourth-order valence-corrected chi connectivity index (χ4v) is 3.72. The van der Waals surface area contributed by atoms with E-state index in [-0.39, 0.29) is 5.41 Å². The van der Waals surface area contributed by atoms with Gasteiger partial charge in [-0.25, -0.2) is 0 Å². The molecule has 0 aliphatic heterocycles. The lowest BCUT2D eigenvalue weighted by Crippen LogP contribution is -2.51. The maximum atomic E-state index is 11.0. The van der Waals surface area contributed by atoms with Crippen molar-refractivity contribution in [3.05, 3.63) is 0 Å². The summed E-state index contributed by atoms with van der Waals surface area (Å²) in [6.45, 7) is 10.6. The third-order valence-corrected chi connectivity index (χ3v) is 5.83. The van der Waals surface area contributed by atoms with Gasteiger partial charge in [0.25, 0.3) is 0 Å². The second-order valence-electron chi connectivity index (χ2n) is 7.97. The van der Waals surface area contributed by atoms with Crippen LogP contribution in [0.1, 0.15) is 118 Å². The highest BCUT2D eigenvalue weighted by Gasteiger charge is 2.46. The van der Waals surface area contributed by atoms with E-state index >= 15 is 0 Å². The van der Waals surface area contributed by atoms with Gasteiger partial charge in [-0.2, -0.15) is 0 Å². The first-order valence-corrected chi connectivity index (χ1v) is 10.3. The predicted octanol–water partition coefficient (Wildman–Crippen LogP) is 6.24. The van der Waals surface area contributed by atoms with E-state index in [1.807, 2.05) is 6.92 Å². The second-order valence-corrected chi connectivity index (χ2v) is 7.97. The van der Waals surface area contributed by atoms with Crippen molar-refractivity contribution < 1.29 is 10.2 Å². The molecule has 0 aliphatic rings. The molecule has 0 aliphatic carbocycles. The molecular formula is C21H44O2. The van der Waals surface area contributed by atoms with Gasteiger partial charge < -0.3 is 10.2 Å². The molecule has 0 bridgehead atoms. The molecule has 0 rings (SSSR count). The van der Waals surface area contributed by atoms with Crippen molar-refractivity contribution in [2.75, 3.05) is 0 Å². The van der Waals surface area contributed by atoms with E-state index in [2.05, 4.69) is 27.7 Å². The monoisotopic (exact) mass is 328 g/mol. The van der Waals surface area contributed by atoms with Crippen LogP contribution in [0.3, 0.4) is 0 Å². The van der Waals surface area contributed by atoms with E-state index in [1.165, 1.54) is 38.5 Å². The minimum Gasteiger partial charge on any atom is -0.392 e. The summed E-state index contributed by atoms with van der Waals surface area (Å²) < 4.78 is 0.